The zero-order chi connectivity index (χ0) is 23.9. The first kappa shape index (κ1) is 23.8. The van der Waals surface area contributed by atoms with E-state index in [1.54, 1.807) is 13.2 Å². The third-order valence-corrected chi connectivity index (χ3v) is 6.27. The minimum Gasteiger partial charge on any atom is -0.497 e. The van der Waals surface area contributed by atoms with Crippen molar-refractivity contribution in [2.75, 3.05) is 38.3 Å². The van der Waals surface area contributed by atoms with Crippen LogP contribution in [0.4, 0.5) is 5.88 Å². The third-order valence-electron chi connectivity index (χ3n) is 6.27. The molecule has 0 spiro atoms. The molecule has 4 rings (SSSR count). The highest BCUT2D eigenvalue weighted by Gasteiger charge is 2.29. The molecular weight excluding hydrogens is 430 g/mol. The van der Waals surface area contributed by atoms with Gasteiger partial charge < -0.3 is 23.8 Å². The molecule has 1 aliphatic rings. The second-order valence-corrected chi connectivity index (χ2v) is 8.41. The van der Waals surface area contributed by atoms with Gasteiger partial charge in [0, 0.05) is 37.4 Å². The Morgan fingerprint density at radius 1 is 1.12 bits per heavy atom. The number of methoxy groups -OCH3 is 1. The fraction of sp³-hybridized carbons (Fsp3) is 0.407. The molecule has 0 unspecified atom stereocenters. The molecule has 2 heterocycles. The van der Waals surface area contributed by atoms with Crippen molar-refractivity contribution >= 4 is 11.8 Å². The number of aromatic nitrogens is 1. The van der Waals surface area contributed by atoms with E-state index in [1.807, 2.05) is 53.4 Å². The Morgan fingerprint density at radius 3 is 2.59 bits per heavy atom. The van der Waals surface area contributed by atoms with E-state index >= 15 is 0 Å². The molecule has 3 aromatic rings. The number of anilines is 1. The number of carbonyl (C=O) groups is 1. The van der Waals surface area contributed by atoms with Gasteiger partial charge in [-0.25, -0.2) is 0 Å². The molecule has 1 amide bonds. The maximum absolute atomic E-state index is 13.7. The lowest BCUT2D eigenvalue weighted by Crippen LogP contribution is -2.37. The number of hydrogen-bond donors (Lipinski definition) is 0. The second-order valence-electron chi connectivity index (χ2n) is 8.41. The molecule has 0 bridgehead atoms. The number of carbonyl (C=O) groups excluding carboxylic acids is 1. The standard InChI is InChI=1S/C27H33N3O4/c1-4-29(5-2)27-24(25(28-34-27)20-11-7-6-8-12-20)19-30(18-23-15-10-16-33-23)26(31)21-13-9-14-22(17-21)32-3/h6-9,11-14,17,23H,4-5,10,15-16,18-19H2,1-3H3/t23-/m1/s1. The summed E-state index contributed by atoms with van der Waals surface area (Å²) in [7, 11) is 1.60. The first-order chi connectivity index (χ1) is 16.6. The lowest BCUT2D eigenvalue weighted by molar-refractivity contribution is 0.0507. The van der Waals surface area contributed by atoms with E-state index in [-0.39, 0.29) is 12.0 Å². The van der Waals surface area contributed by atoms with Crippen LogP contribution < -0.4 is 9.64 Å². The fourth-order valence-corrected chi connectivity index (χ4v) is 4.41. The van der Waals surface area contributed by atoms with Gasteiger partial charge in [-0.2, -0.15) is 0 Å². The van der Waals surface area contributed by atoms with Gasteiger partial charge >= 0.3 is 0 Å². The SMILES string of the molecule is CCN(CC)c1onc(-c2ccccc2)c1CN(C[C@H]1CCCO1)C(=O)c1cccc(OC)c1. The molecule has 1 aliphatic heterocycles. The Kier molecular flexibility index (Phi) is 7.85. The number of hydrogen-bond acceptors (Lipinski definition) is 6. The summed E-state index contributed by atoms with van der Waals surface area (Å²) in [5.74, 6) is 1.29. The molecule has 7 nitrogen and oxygen atoms in total. The van der Waals surface area contributed by atoms with Crippen LogP contribution in [0.25, 0.3) is 11.3 Å². The van der Waals surface area contributed by atoms with Crippen molar-refractivity contribution in [1.29, 1.82) is 0 Å². The number of ether oxygens (including phenoxy) is 2. The molecule has 34 heavy (non-hydrogen) atoms. The van der Waals surface area contributed by atoms with Crippen molar-refractivity contribution in [3.63, 3.8) is 0 Å². The molecule has 0 saturated carbocycles. The van der Waals surface area contributed by atoms with E-state index in [2.05, 4.69) is 23.9 Å². The summed E-state index contributed by atoms with van der Waals surface area (Å²) in [6.45, 7) is 7.35. The highest BCUT2D eigenvalue weighted by molar-refractivity contribution is 5.94. The maximum atomic E-state index is 13.7. The van der Waals surface area contributed by atoms with Crippen LogP contribution in [0.15, 0.2) is 59.1 Å². The van der Waals surface area contributed by atoms with Crippen LogP contribution in [-0.2, 0) is 11.3 Å². The Balaban J connectivity index is 1.73. The minimum atomic E-state index is -0.0693. The van der Waals surface area contributed by atoms with Gasteiger partial charge in [-0.3, -0.25) is 4.79 Å². The van der Waals surface area contributed by atoms with Crippen molar-refractivity contribution in [1.82, 2.24) is 10.1 Å². The molecule has 0 N–H and O–H groups in total. The van der Waals surface area contributed by atoms with Crippen LogP contribution in [-0.4, -0.2) is 55.4 Å². The zero-order valence-corrected chi connectivity index (χ0v) is 20.2. The average molecular weight is 464 g/mol. The van der Waals surface area contributed by atoms with Crippen molar-refractivity contribution in [3.8, 4) is 17.0 Å². The normalized spacial score (nSPS) is 15.3. The van der Waals surface area contributed by atoms with Gasteiger partial charge in [-0.1, -0.05) is 41.6 Å². The van der Waals surface area contributed by atoms with Gasteiger partial charge in [0.2, 0.25) is 5.88 Å². The lowest BCUT2D eigenvalue weighted by atomic mass is 10.1. The number of rotatable bonds is 10. The summed E-state index contributed by atoms with van der Waals surface area (Å²) in [5.41, 5.74) is 3.22. The third kappa shape index (κ3) is 5.25. The van der Waals surface area contributed by atoms with Crippen molar-refractivity contribution in [2.24, 2.45) is 0 Å². The van der Waals surface area contributed by atoms with Crippen LogP contribution in [0.1, 0.15) is 42.6 Å². The van der Waals surface area contributed by atoms with Crippen molar-refractivity contribution < 1.29 is 18.8 Å². The smallest absolute Gasteiger partial charge is 0.254 e. The largest absolute Gasteiger partial charge is 0.497 e. The van der Waals surface area contributed by atoms with Crippen LogP contribution in [0.5, 0.6) is 5.75 Å². The van der Waals surface area contributed by atoms with E-state index in [4.69, 9.17) is 14.0 Å². The average Bonchev–Trinajstić information content (AvgIpc) is 3.55. The Morgan fingerprint density at radius 2 is 1.91 bits per heavy atom. The van der Waals surface area contributed by atoms with Crippen LogP contribution in [0, 0.1) is 0 Å². The molecule has 0 aliphatic carbocycles. The highest BCUT2D eigenvalue weighted by atomic mass is 16.5. The van der Waals surface area contributed by atoms with E-state index in [1.165, 1.54) is 0 Å². The molecule has 2 aromatic carbocycles. The molecule has 1 fully saturated rings. The van der Waals surface area contributed by atoms with Gasteiger partial charge in [0.1, 0.15) is 11.4 Å². The minimum absolute atomic E-state index is 0.0199. The summed E-state index contributed by atoms with van der Waals surface area (Å²) in [4.78, 5) is 17.7. The van der Waals surface area contributed by atoms with E-state index < -0.39 is 0 Å². The lowest BCUT2D eigenvalue weighted by Gasteiger charge is -2.27. The van der Waals surface area contributed by atoms with Gasteiger partial charge in [0.15, 0.2) is 0 Å². The fourth-order valence-electron chi connectivity index (χ4n) is 4.41. The second kappa shape index (κ2) is 11.2. The zero-order valence-electron chi connectivity index (χ0n) is 20.2. The number of nitrogens with zero attached hydrogens (tertiary/aromatic N) is 3. The number of amides is 1. The predicted molar refractivity (Wildman–Crippen MR) is 132 cm³/mol. The van der Waals surface area contributed by atoms with E-state index in [9.17, 15) is 4.79 Å². The summed E-state index contributed by atoms with van der Waals surface area (Å²) in [6.07, 6.45) is 1.98. The van der Waals surface area contributed by atoms with Gasteiger partial charge in [0.25, 0.3) is 5.91 Å². The summed E-state index contributed by atoms with van der Waals surface area (Å²) < 4.78 is 17.1. The van der Waals surface area contributed by atoms with E-state index in [0.717, 1.165) is 49.4 Å². The molecule has 1 aromatic heterocycles. The first-order valence-electron chi connectivity index (χ1n) is 12.0. The van der Waals surface area contributed by atoms with Crippen LogP contribution in [0.2, 0.25) is 0 Å². The molecule has 1 saturated heterocycles. The molecular formula is C27H33N3O4. The number of benzene rings is 2. The summed E-state index contributed by atoms with van der Waals surface area (Å²) in [6, 6.07) is 17.3. The summed E-state index contributed by atoms with van der Waals surface area (Å²) in [5, 5.41) is 4.44. The molecule has 180 valence electrons. The van der Waals surface area contributed by atoms with Crippen LogP contribution >= 0.6 is 0 Å². The van der Waals surface area contributed by atoms with Gasteiger partial charge in [-0.05, 0) is 44.9 Å². The van der Waals surface area contributed by atoms with Gasteiger partial charge in [-0.15, -0.1) is 0 Å². The molecule has 1 atom stereocenters. The summed E-state index contributed by atoms with van der Waals surface area (Å²) >= 11 is 0. The Bertz CT molecular complexity index is 1070. The van der Waals surface area contributed by atoms with E-state index in [0.29, 0.717) is 30.3 Å². The Labute approximate surface area is 201 Å². The quantitative estimate of drug-likeness (QED) is 0.421. The highest BCUT2D eigenvalue weighted by Crippen LogP contribution is 2.33. The van der Waals surface area contributed by atoms with Crippen molar-refractivity contribution in [3.05, 3.63) is 65.7 Å². The first-order valence-corrected chi connectivity index (χ1v) is 12.0. The Hall–Kier alpha value is -3.32. The van der Waals surface area contributed by atoms with Gasteiger partial charge in [0.05, 0.1) is 25.3 Å². The monoisotopic (exact) mass is 463 g/mol. The predicted octanol–water partition coefficient (Wildman–Crippen LogP) is 5.02. The van der Waals surface area contributed by atoms with Crippen molar-refractivity contribution in [2.45, 2.75) is 39.3 Å². The van der Waals surface area contributed by atoms with Crippen LogP contribution in [0.3, 0.4) is 0 Å². The maximum Gasteiger partial charge on any atom is 0.254 e. The molecule has 7 heteroatoms. The molecule has 0 radical (unpaired) electrons. The topological polar surface area (TPSA) is 68.0 Å².